The van der Waals surface area contributed by atoms with Crippen molar-refractivity contribution < 1.29 is 9.53 Å². The third-order valence-corrected chi connectivity index (χ3v) is 2.22. The lowest BCUT2D eigenvalue weighted by atomic mass is 10.2. The van der Waals surface area contributed by atoms with Crippen LogP contribution in [-0.2, 0) is 18.4 Å². The van der Waals surface area contributed by atoms with Crippen molar-refractivity contribution in [3.8, 4) is 0 Å². The van der Waals surface area contributed by atoms with Crippen molar-refractivity contribution in [2.45, 2.75) is 6.61 Å². The molecule has 0 saturated carbocycles. The molecule has 0 atom stereocenters. The SMILES string of the molecule is Cn1ccnc1C(=O)OCc1ccccc1. The summed E-state index contributed by atoms with van der Waals surface area (Å²) in [6, 6.07) is 9.55. The standard InChI is InChI=1S/C12H12N2O2/c1-14-8-7-13-11(14)12(15)16-9-10-5-3-2-4-6-10/h2-8H,9H2,1H3. The zero-order valence-electron chi connectivity index (χ0n) is 8.96. The zero-order valence-corrected chi connectivity index (χ0v) is 8.96. The van der Waals surface area contributed by atoms with Gasteiger partial charge in [0.25, 0.3) is 0 Å². The van der Waals surface area contributed by atoms with E-state index in [1.54, 1.807) is 24.0 Å². The molecule has 0 aliphatic heterocycles. The van der Waals surface area contributed by atoms with Crippen LogP contribution in [0.4, 0.5) is 0 Å². The number of aryl methyl sites for hydroxylation is 1. The summed E-state index contributed by atoms with van der Waals surface area (Å²) < 4.78 is 6.76. The highest BCUT2D eigenvalue weighted by molar-refractivity contribution is 5.85. The van der Waals surface area contributed by atoms with Gasteiger partial charge >= 0.3 is 5.97 Å². The average Bonchev–Trinajstić information content (AvgIpc) is 2.74. The number of benzene rings is 1. The van der Waals surface area contributed by atoms with Crippen LogP contribution in [0.15, 0.2) is 42.7 Å². The maximum Gasteiger partial charge on any atom is 0.374 e. The first-order valence-electron chi connectivity index (χ1n) is 4.96. The first-order valence-corrected chi connectivity index (χ1v) is 4.96. The summed E-state index contributed by atoms with van der Waals surface area (Å²) in [5.74, 6) is -0.0905. The Kier molecular flexibility index (Phi) is 3.00. The third-order valence-electron chi connectivity index (χ3n) is 2.22. The molecule has 2 aromatic rings. The van der Waals surface area contributed by atoms with E-state index < -0.39 is 5.97 Å². The Morgan fingerprint density at radius 1 is 1.38 bits per heavy atom. The van der Waals surface area contributed by atoms with Crippen molar-refractivity contribution in [1.82, 2.24) is 9.55 Å². The van der Waals surface area contributed by atoms with Gasteiger partial charge in [-0.25, -0.2) is 9.78 Å². The van der Waals surface area contributed by atoms with Crippen molar-refractivity contribution in [3.05, 3.63) is 54.1 Å². The summed E-state index contributed by atoms with van der Waals surface area (Å²) in [4.78, 5) is 15.5. The van der Waals surface area contributed by atoms with Crippen LogP contribution in [0.2, 0.25) is 0 Å². The molecule has 0 amide bonds. The van der Waals surface area contributed by atoms with Crippen LogP contribution in [-0.4, -0.2) is 15.5 Å². The van der Waals surface area contributed by atoms with Crippen LogP contribution < -0.4 is 0 Å². The van der Waals surface area contributed by atoms with Crippen molar-refractivity contribution in [2.24, 2.45) is 7.05 Å². The van der Waals surface area contributed by atoms with Gasteiger partial charge in [-0.2, -0.15) is 0 Å². The Labute approximate surface area is 93.5 Å². The van der Waals surface area contributed by atoms with Gasteiger partial charge in [-0.15, -0.1) is 0 Å². The predicted octanol–water partition coefficient (Wildman–Crippen LogP) is 1.78. The summed E-state index contributed by atoms with van der Waals surface area (Å²) in [5, 5.41) is 0. The second kappa shape index (κ2) is 4.61. The first-order chi connectivity index (χ1) is 7.77. The van der Waals surface area contributed by atoms with Gasteiger partial charge in [-0.3, -0.25) is 0 Å². The summed E-state index contributed by atoms with van der Waals surface area (Å²) in [6.45, 7) is 0.270. The Morgan fingerprint density at radius 3 is 2.75 bits per heavy atom. The van der Waals surface area contributed by atoms with Crippen LogP contribution in [0, 0.1) is 0 Å². The second-order valence-electron chi connectivity index (χ2n) is 3.42. The molecule has 1 heterocycles. The molecule has 0 saturated heterocycles. The van der Waals surface area contributed by atoms with Gasteiger partial charge in [-0.05, 0) is 5.56 Å². The molecule has 4 heteroatoms. The Hall–Kier alpha value is -2.10. The predicted molar refractivity (Wildman–Crippen MR) is 58.8 cm³/mol. The molecule has 0 fully saturated rings. The van der Waals surface area contributed by atoms with Crippen LogP contribution in [0.25, 0.3) is 0 Å². The minimum Gasteiger partial charge on any atom is -0.455 e. The lowest BCUT2D eigenvalue weighted by molar-refractivity contribution is 0.0454. The van der Waals surface area contributed by atoms with Gasteiger partial charge in [0.15, 0.2) is 0 Å². The van der Waals surface area contributed by atoms with Gasteiger partial charge in [0, 0.05) is 19.4 Å². The van der Waals surface area contributed by atoms with Crippen LogP contribution >= 0.6 is 0 Å². The van der Waals surface area contributed by atoms with E-state index in [0.717, 1.165) is 5.56 Å². The van der Waals surface area contributed by atoms with E-state index in [2.05, 4.69) is 4.98 Å². The number of rotatable bonds is 3. The number of carbonyl (C=O) groups excluding carboxylic acids is 1. The molecule has 0 spiro atoms. The van der Waals surface area contributed by atoms with E-state index in [0.29, 0.717) is 5.82 Å². The van der Waals surface area contributed by atoms with Gasteiger partial charge in [0.2, 0.25) is 5.82 Å². The fourth-order valence-corrected chi connectivity index (χ4v) is 1.35. The lowest BCUT2D eigenvalue weighted by Crippen LogP contribution is -2.11. The van der Waals surface area contributed by atoms with Gasteiger partial charge in [0.1, 0.15) is 6.61 Å². The number of nitrogens with zero attached hydrogens (tertiary/aromatic N) is 2. The average molecular weight is 216 g/mol. The number of aromatic nitrogens is 2. The largest absolute Gasteiger partial charge is 0.455 e. The molecule has 4 nitrogen and oxygen atoms in total. The van der Waals surface area contributed by atoms with E-state index in [-0.39, 0.29) is 6.61 Å². The molecule has 16 heavy (non-hydrogen) atoms. The molecule has 0 aliphatic carbocycles. The van der Waals surface area contributed by atoms with Crippen molar-refractivity contribution in [2.75, 3.05) is 0 Å². The Balaban J connectivity index is 1.97. The monoisotopic (exact) mass is 216 g/mol. The molecule has 0 unspecified atom stereocenters. The molecule has 0 bridgehead atoms. The molecule has 1 aromatic carbocycles. The molecule has 82 valence electrons. The molecule has 0 aliphatic rings. The van der Waals surface area contributed by atoms with E-state index in [9.17, 15) is 4.79 Å². The van der Waals surface area contributed by atoms with Gasteiger partial charge in [0.05, 0.1) is 0 Å². The maximum absolute atomic E-state index is 11.6. The summed E-state index contributed by atoms with van der Waals surface area (Å²) in [5.41, 5.74) is 0.963. The van der Waals surface area contributed by atoms with E-state index in [1.165, 1.54) is 0 Å². The normalized spacial score (nSPS) is 10.1. The minimum absolute atomic E-state index is 0.270. The maximum atomic E-state index is 11.6. The summed E-state index contributed by atoms with van der Waals surface area (Å²) >= 11 is 0. The van der Waals surface area contributed by atoms with E-state index in [4.69, 9.17) is 4.74 Å². The molecule has 1 aromatic heterocycles. The molecule has 0 N–H and O–H groups in total. The summed E-state index contributed by atoms with van der Waals surface area (Å²) in [6.07, 6.45) is 3.28. The van der Waals surface area contributed by atoms with Gasteiger partial charge < -0.3 is 9.30 Å². The molecule has 0 radical (unpaired) electrons. The number of hydrogen-bond donors (Lipinski definition) is 0. The van der Waals surface area contributed by atoms with Crippen LogP contribution in [0.1, 0.15) is 16.2 Å². The smallest absolute Gasteiger partial charge is 0.374 e. The van der Waals surface area contributed by atoms with Crippen LogP contribution in [0.5, 0.6) is 0 Å². The first kappa shape index (κ1) is 10.4. The highest BCUT2D eigenvalue weighted by atomic mass is 16.5. The van der Waals surface area contributed by atoms with Crippen molar-refractivity contribution >= 4 is 5.97 Å². The zero-order chi connectivity index (χ0) is 11.4. The Bertz CT molecular complexity index is 477. The highest BCUT2D eigenvalue weighted by Crippen LogP contribution is 2.04. The van der Waals surface area contributed by atoms with E-state index in [1.807, 2.05) is 30.3 Å². The minimum atomic E-state index is -0.406. The lowest BCUT2D eigenvalue weighted by Gasteiger charge is -2.04. The van der Waals surface area contributed by atoms with Crippen molar-refractivity contribution in [1.29, 1.82) is 0 Å². The number of imidazole rings is 1. The number of hydrogen-bond acceptors (Lipinski definition) is 3. The van der Waals surface area contributed by atoms with Crippen LogP contribution in [0.3, 0.4) is 0 Å². The fraction of sp³-hybridized carbons (Fsp3) is 0.167. The molecule has 2 rings (SSSR count). The third kappa shape index (κ3) is 2.28. The van der Waals surface area contributed by atoms with Gasteiger partial charge in [-0.1, -0.05) is 30.3 Å². The highest BCUT2D eigenvalue weighted by Gasteiger charge is 2.11. The second-order valence-corrected chi connectivity index (χ2v) is 3.42. The number of esters is 1. The summed E-state index contributed by atoms with van der Waals surface area (Å²) in [7, 11) is 1.76. The molecular weight excluding hydrogens is 204 g/mol. The number of ether oxygens (including phenoxy) is 1. The fourth-order valence-electron chi connectivity index (χ4n) is 1.35. The number of carbonyl (C=O) groups is 1. The topological polar surface area (TPSA) is 44.1 Å². The Morgan fingerprint density at radius 2 is 2.12 bits per heavy atom. The quantitative estimate of drug-likeness (QED) is 0.734. The molecular formula is C12H12N2O2. The van der Waals surface area contributed by atoms with Crippen molar-refractivity contribution in [3.63, 3.8) is 0 Å². The van der Waals surface area contributed by atoms with E-state index >= 15 is 0 Å².